The number of nitrogens with zero attached hydrogens (tertiary/aromatic N) is 1. The Hall–Kier alpha value is -1.01. The number of rotatable bonds is 0. The molecule has 0 aromatic carbocycles. The summed E-state index contributed by atoms with van der Waals surface area (Å²) in [4.78, 5) is 0. The first kappa shape index (κ1) is 5.13. The molecule has 0 aliphatic rings. The van der Waals surface area contributed by atoms with E-state index >= 15 is 0 Å². The lowest BCUT2D eigenvalue weighted by atomic mass is 10.4. The maximum Gasteiger partial charge on any atom is 0.189 e. The molecule has 0 atom stereocenters. The molecule has 1 heterocycles. The molecule has 8 heavy (non-hydrogen) atoms. The van der Waals surface area contributed by atoms with Gasteiger partial charge in [0, 0.05) is 0 Å². The number of nitriles is 1. The van der Waals surface area contributed by atoms with Gasteiger partial charge in [-0.15, -0.1) is 11.3 Å². The molecule has 1 aromatic rings. The standard InChI is InChI=1S/C5H3NOS/c6-3-4-1-2-8-5(4)7/h1-2,7H. The van der Waals surface area contributed by atoms with Crippen molar-refractivity contribution in [2.75, 3.05) is 0 Å². The van der Waals surface area contributed by atoms with Crippen molar-refractivity contribution in [3.63, 3.8) is 0 Å². The zero-order chi connectivity index (χ0) is 5.98. The van der Waals surface area contributed by atoms with Crippen LogP contribution in [0, 0.1) is 11.3 Å². The van der Waals surface area contributed by atoms with Crippen molar-refractivity contribution in [3.8, 4) is 11.1 Å². The van der Waals surface area contributed by atoms with Gasteiger partial charge in [0.2, 0.25) is 0 Å². The fraction of sp³-hybridized carbons (Fsp3) is 0. The number of hydrogen-bond acceptors (Lipinski definition) is 3. The van der Waals surface area contributed by atoms with E-state index in [2.05, 4.69) is 0 Å². The minimum absolute atomic E-state index is 0.104. The Morgan fingerprint density at radius 3 is 2.75 bits per heavy atom. The van der Waals surface area contributed by atoms with E-state index in [0.717, 1.165) is 11.3 Å². The molecule has 1 rings (SSSR count). The monoisotopic (exact) mass is 125 g/mol. The summed E-state index contributed by atoms with van der Waals surface area (Å²) < 4.78 is 0. The predicted molar refractivity (Wildman–Crippen MR) is 30.7 cm³/mol. The SMILES string of the molecule is N#Cc1ccsc1O. The Bertz CT molecular complexity index is 223. The van der Waals surface area contributed by atoms with Gasteiger partial charge < -0.3 is 5.11 Å². The molecule has 0 aliphatic heterocycles. The fourth-order valence-corrected chi connectivity index (χ4v) is 0.960. The van der Waals surface area contributed by atoms with Crippen molar-refractivity contribution in [1.29, 1.82) is 5.26 Å². The summed E-state index contributed by atoms with van der Waals surface area (Å²) in [7, 11) is 0. The molecule has 2 nitrogen and oxygen atoms in total. The molecular weight excluding hydrogens is 122 g/mol. The Balaban J connectivity index is 3.15. The second-order valence-corrected chi connectivity index (χ2v) is 2.15. The van der Waals surface area contributed by atoms with Gasteiger partial charge >= 0.3 is 0 Å². The van der Waals surface area contributed by atoms with Crippen molar-refractivity contribution in [2.45, 2.75) is 0 Å². The predicted octanol–water partition coefficient (Wildman–Crippen LogP) is 1.33. The second kappa shape index (κ2) is 1.85. The Labute approximate surface area is 50.6 Å². The van der Waals surface area contributed by atoms with Crippen LogP contribution in [-0.2, 0) is 0 Å². The molecule has 0 unspecified atom stereocenters. The van der Waals surface area contributed by atoms with Gasteiger partial charge in [-0.2, -0.15) is 5.26 Å². The van der Waals surface area contributed by atoms with Crippen molar-refractivity contribution in [3.05, 3.63) is 17.0 Å². The van der Waals surface area contributed by atoms with E-state index in [1.165, 1.54) is 0 Å². The quantitative estimate of drug-likeness (QED) is 0.568. The highest BCUT2D eigenvalue weighted by atomic mass is 32.1. The molecule has 3 heteroatoms. The topological polar surface area (TPSA) is 44.0 Å². The Morgan fingerprint density at radius 1 is 1.75 bits per heavy atom. The third kappa shape index (κ3) is 0.658. The highest BCUT2D eigenvalue weighted by Gasteiger charge is 1.96. The summed E-state index contributed by atoms with van der Waals surface area (Å²) in [5, 5.41) is 18.7. The van der Waals surface area contributed by atoms with E-state index < -0.39 is 0 Å². The average Bonchev–Trinajstić information content (AvgIpc) is 2.14. The summed E-state index contributed by atoms with van der Waals surface area (Å²) in [6.45, 7) is 0. The second-order valence-electron chi connectivity index (χ2n) is 1.25. The largest absolute Gasteiger partial charge is 0.499 e. The normalized spacial score (nSPS) is 8.38. The van der Waals surface area contributed by atoms with Crippen LogP contribution in [0.4, 0.5) is 0 Å². The third-order valence-corrected chi connectivity index (χ3v) is 1.48. The first-order chi connectivity index (χ1) is 3.84. The van der Waals surface area contributed by atoms with E-state index in [1.807, 2.05) is 6.07 Å². The molecule has 0 spiro atoms. The van der Waals surface area contributed by atoms with E-state index in [-0.39, 0.29) is 5.06 Å². The van der Waals surface area contributed by atoms with Crippen molar-refractivity contribution in [2.24, 2.45) is 0 Å². The van der Waals surface area contributed by atoms with Gasteiger partial charge in [0.1, 0.15) is 11.6 Å². The third-order valence-electron chi connectivity index (χ3n) is 0.765. The first-order valence-corrected chi connectivity index (χ1v) is 2.89. The summed E-state index contributed by atoms with van der Waals surface area (Å²) in [6.07, 6.45) is 0. The van der Waals surface area contributed by atoms with Crippen LogP contribution < -0.4 is 0 Å². The van der Waals surface area contributed by atoms with Crippen LogP contribution in [0.5, 0.6) is 5.06 Å². The fourth-order valence-electron chi connectivity index (χ4n) is 0.386. The zero-order valence-electron chi connectivity index (χ0n) is 3.96. The maximum atomic E-state index is 8.75. The molecule has 40 valence electrons. The van der Waals surface area contributed by atoms with Crippen LogP contribution in [0.2, 0.25) is 0 Å². The zero-order valence-corrected chi connectivity index (χ0v) is 4.77. The van der Waals surface area contributed by atoms with Crippen LogP contribution in [0.1, 0.15) is 5.56 Å². The van der Waals surface area contributed by atoms with Crippen LogP contribution in [0.15, 0.2) is 11.4 Å². The van der Waals surface area contributed by atoms with E-state index in [9.17, 15) is 0 Å². The maximum absolute atomic E-state index is 8.75. The first-order valence-electron chi connectivity index (χ1n) is 2.01. The summed E-state index contributed by atoms with van der Waals surface area (Å²) in [6, 6.07) is 3.42. The minimum atomic E-state index is 0.104. The minimum Gasteiger partial charge on any atom is -0.499 e. The number of thiophene rings is 1. The molecule has 0 aliphatic carbocycles. The van der Waals surface area contributed by atoms with Crippen LogP contribution in [-0.4, -0.2) is 5.11 Å². The Morgan fingerprint density at radius 2 is 2.50 bits per heavy atom. The smallest absolute Gasteiger partial charge is 0.189 e. The van der Waals surface area contributed by atoms with Crippen LogP contribution in [0.3, 0.4) is 0 Å². The highest BCUT2D eigenvalue weighted by molar-refractivity contribution is 7.11. The van der Waals surface area contributed by atoms with Gasteiger partial charge in [0.05, 0.1) is 0 Å². The molecule has 0 bridgehead atoms. The van der Waals surface area contributed by atoms with Crippen LogP contribution in [0.25, 0.3) is 0 Å². The molecule has 0 amide bonds. The van der Waals surface area contributed by atoms with Gasteiger partial charge in [0.15, 0.2) is 5.06 Å². The lowest BCUT2D eigenvalue weighted by Crippen LogP contribution is -1.60. The molecule has 1 aromatic heterocycles. The van der Waals surface area contributed by atoms with E-state index in [4.69, 9.17) is 10.4 Å². The van der Waals surface area contributed by atoms with Gasteiger partial charge in [-0.1, -0.05) is 0 Å². The summed E-state index contributed by atoms with van der Waals surface area (Å²) in [5.41, 5.74) is 0.356. The molecule has 0 saturated heterocycles. The molecule has 1 N–H and O–H groups in total. The number of hydrogen-bond donors (Lipinski definition) is 1. The lowest BCUT2D eigenvalue weighted by molar-refractivity contribution is 0.489. The van der Waals surface area contributed by atoms with Gasteiger partial charge in [-0.05, 0) is 11.4 Å². The van der Waals surface area contributed by atoms with Gasteiger partial charge in [-0.25, -0.2) is 0 Å². The Kier molecular flexibility index (Phi) is 1.18. The van der Waals surface area contributed by atoms with E-state index in [0.29, 0.717) is 5.56 Å². The number of aromatic hydroxyl groups is 1. The molecular formula is C5H3NOS. The highest BCUT2D eigenvalue weighted by Crippen LogP contribution is 2.22. The molecule has 0 fully saturated rings. The van der Waals surface area contributed by atoms with Crippen molar-refractivity contribution in [1.82, 2.24) is 0 Å². The summed E-state index contributed by atoms with van der Waals surface area (Å²) >= 11 is 1.16. The van der Waals surface area contributed by atoms with Gasteiger partial charge in [-0.3, -0.25) is 0 Å². The van der Waals surface area contributed by atoms with Gasteiger partial charge in [0.25, 0.3) is 0 Å². The van der Waals surface area contributed by atoms with E-state index in [1.54, 1.807) is 11.4 Å². The average molecular weight is 125 g/mol. The molecule has 0 radical (unpaired) electrons. The lowest BCUT2D eigenvalue weighted by Gasteiger charge is -1.76. The van der Waals surface area contributed by atoms with Crippen LogP contribution >= 0.6 is 11.3 Å². The molecule has 0 saturated carbocycles. The summed E-state index contributed by atoms with van der Waals surface area (Å²) in [5.74, 6) is 0. The van der Waals surface area contributed by atoms with Crippen molar-refractivity contribution >= 4 is 11.3 Å². The van der Waals surface area contributed by atoms with Crippen molar-refractivity contribution < 1.29 is 5.11 Å².